The smallest absolute Gasteiger partial charge is 0.242 e. The molecule has 1 amide bonds. The van der Waals surface area contributed by atoms with E-state index in [0.717, 1.165) is 17.7 Å². The number of amides is 1. The third-order valence-electron chi connectivity index (χ3n) is 3.54. The second-order valence-electron chi connectivity index (χ2n) is 5.15. The molecule has 1 aliphatic rings. The summed E-state index contributed by atoms with van der Waals surface area (Å²) < 4.78 is 0. The van der Waals surface area contributed by atoms with E-state index in [1.54, 1.807) is 6.92 Å². The van der Waals surface area contributed by atoms with Crippen LogP contribution in [0.2, 0.25) is 0 Å². The maximum absolute atomic E-state index is 11.5. The predicted molar refractivity (Wildman–Crippen MR) is 81.9 cm³/mol. The molecule has 1 aliphatic carbocycles. The number of anilines is 1. The third kappa shape index (κ3) is 2.59. The van der Waals surface area contributed by atoms with Crippen LogP contribution in [0.1, 0.15) is 24.5 Å². The van der Waals surface area contributed by atoms with Gasteiger partial charge >= 0.3 is 0 Å². The molecule has 5 heteroatoms. The zero-order chi connectivity index (χ0) is 14.1. The van der Waals surface area contributed by atoms with Gasteiger partial charge in [-0.3, -0.25) is 4.79 Å². The first kappa shape index (κ1) is 13.3. The molecule has 0 spiro atoms. The van der Waals surface area contributed by atoms with Gasteiger partial charge in [0.2, 0.25) is 5.91 Å². The molecule has 1 aromatic carbocycles. The fourth-order valence-corrected chi connectivity index (χ4v) is 3.14. The molecule has 104 valence electrons. The molecule has 3 rings (SSSR count). The Morgan fingerprint density at radius 2 is 2.20 bits per heavy atom. The van der Waals surface area contributed by atoms with Crippen LogP contribution in [0.25, 0.3) is 11.3 Å². The van der Waals surface area contributed by atoms with Crippen molar-refractivity contribution in [3.63, 3.8) is 0 Å². The minimum absolute atomic E-state index is 0.208. The lowest BCUT2D eigenvalue weighted by molar-refractivity contribution is -0.117. The van der Waals surface area contributed by atoms with E-state index in [0.29, 0.717) is 5.13 Å². The maximum atomic E-state index is 11.5. The fourth-order valence-electron chi connectivity index (χ4n) is 2.41. The number of hydrogen-bond acceptors (Lipinski definition) is 4. The van der Waals surface area contributed by atoms with Crippen molar-refractivity contribution in [2.75, 3.05) is 5.32 Å². The van der Waals surface area contributed by atoms with Crippen molar-refractivity contribution < 1.29 is 4.79 Å². The van der Waals surface area contributed by atoms with Gasteiger partial charge in [0.1, 0.15) is 0 Å². The molecule has 0 radical (unpaired) electrons. The lowest BCUT2D eigenvalue weighted by atomic mass is 10.1. The number of rotatable bonds is 3. The molecule has 1 heterocycles. The van der Waals surface area contributed by atoms with Crippen molar-refractivity contribution in [1.82, 2.24) is 4.98 Å². The van der Waals surface area contributed by atoms with E-state index >= 15 is 0 Å². The summed E-state index contributed by atoms with van der Waals surface area (Å²) in [6.07, 6.45) is 3.58. The van der Waals surface area contributed by atoms with E-state index in [2.05, 4.69) is 28.5 Å². The Morgan fingerprint density at radius 3 is 3.00 bits per heavy atom. The molecular formula is C15H17N3OS. The number of carbonyl (C=O) groups is 1. The highest BCUT2D eigenvalue weighted by Gasteiger charge is 2.14. The highest BCUT2D eigenvalue weighted by Crippen LogP contribution is 2.30. The Labute approximate surface area is 122 Å². The first-order chi connectivity index (χ1) is 9.63. The number of thiazole rings is 1. The van der Waals surface area contributed by atoms with Crippen LogP contribution >= 0.6 is 11.3 Å². The molecule has 1 aromatic heterocycles. The van der Waals surface area contributed by atoms with Crippen LogP contribution in [-0.2, 0) is 17.6 Å². The quantitative estimate of drug-likeness (QED) is 0.911. The van der Waals surface area contributed by atoms with Gasteiger partial charge in [-0.1, -0.05) is 12.1 Å². The van der Waals surface area contributed by atoms with Crippen LogP contribution in [-0.4, -0.2) is 16.9 Å². The van der Waals surface area contributed by atoms with Gasteiger partial charge < -0.3 is 11.1 Å². The van der Waals surface area contributed by atoms with Crippen LogP contribution in [0, 0.1) is 0 Å². The Hall–Kier alpha value is -1.72. The van der Waals surface area contributed by atoms with Crippen LogP contribution in [0.3, 0.4) is 0 Å². The summed E-state index contributed by atoms with van der Waals surface area (Å²) in [7, 11) is 0. The summed E-state index contributed by atoms with van der Waals surface area (Å²) >= 11 is 1.42. The second kappa shape index (κ2) is 5.34. The molecular weight excluding hydrogens is 270 g/mol. The molecule has 4 nitrogen and oxygen atoms in total. The molecule has 0 saturated heterocycles. The van der Waals surface area contributed by atoms with Crippen molar-refractivity contribution in [2.24, 2.45) is 5.73 Å². The first-order valence-electron chi connectivity index (χ1n) is 6.77. The Morgan fingerprint density at radius 1 is 1.40 bits per heavy atom. The van der Waals surface area contributed by atoms with Crippen LogP contribution in [0.15, 0.2) is 23.6 Å². The zero-order valence-electron chi connectivity index (χ0n) is 11.3. The highest BCUT2D eigenvalue weighted by atomic mass is 32.1. The Kier molecular flexibility index (Phi) is 3.54. The van der Waals surface area contributed by atoms with E-state index in [-0.39, 0.29) is 5.91 Å². The average molecular weight is 287 g/mol. The number of nitrogens with zero attached hydrogens (tertiary/aromatic N) is 1. The van der Waals surface area contributed by atoms with Gasteiger partial charge in [0.25, 0.3) is 0 Å². The molecule has 2 aromatic rings. The Balaban J connectivity index is 1.81. The number of benzene rings is 1. The van der Waals surface area contributed by atoms with Crippen molar-refractivity contribution in [3.05, 3.63) is 34.7 Å². The minimum atomic E-state index is -0.526. The lowest BCUT2D eigenvalue weighted by Crippen LogP contribution is -2.32. The molecule has 20 heavy (non-hydrogen) atoms. The molecule has 0 aliphatic heterocycles. The highest BCUT2D eigenvalue weighted by molar-refractivity contribution is 7.14. The SMILES string of the molecule is C[C@H](N)C(=O)Nc1nc(-c2ccc3c(c2)CCC3)cs1. The summed E-state index contributed by atoms with van der Waals surface area (Å²) in [6, 6.07) is 5.99. The molecule has 3 N–H and O–H groups in total. The van der Waals surface area contributed by atoms with E-state index < -0.39 is 6.04 Å². The number of aryl methyl sites for hydroxylation is 2. The van der Waals surface area contributed by atoms with Crippen LogP contribution in [0.4, 0.5) is 5.13 Å². The van der Waals surface area contributed by atoms with Crippen molar-refractivity contribution >= 4 is 22.4 Å². The fraction of sp³-hybridized carbons (Fsp3) is 0.333. The normalized spacial score (nSPS) is 14.9. The second-order valence-corrected chi connectivity index (χ2v) is 6.01. The Bertz CT molecular complexity index is 648. The molecule has 1 atom stereocenters. The lowest BCUT2D eigenvalue weighted by Gasteiger charge is -2.04. The number of nitrogens with two attached hydrogens (primary N) is 1. The van der Waals surface area contributed by atoms with Gasteiger partial charge in [-0.15, -0.1) is 11.3 Å². The van der Waals surface area contributed by atoms with Gasteiger partial charge in [-0.2, -0.15) is 0 Å². The monoisotopic (exact) mass is 287 g/mol. The van der Waals surface area contributed by atoms with Gasteiger partial charge in [-0.25, -0.2) is 4.98 Å². The number of nitrogens with one attached hydrogen (secondary N) is 1. The standard InChI is InChI=1S/C15H17N3OS/c1-9(16)14(19)18-15-17-13(8-20-15)12-6-5-10-3-2-4-11(10)7-12/h5-9H,2-4,16H2,1H3,(H,17,18,19)/t9-/m0/s1. The molecule has 0 unspecified atom stereocenters. The molecule has 0 saturated carbocycles. The summed E-state index contributed by atoms with van der Waals surface area (Å²) in [5, 5.41) is 5.29. The topological polar surface area (TPSA) is 68.0 Å². The van der Waals surface area contributed by atoms with Crippen molar-refractivity contribution in [2.45, 2.75) is 32.2 Å². The first-order valence-corrected chi connectivity index (χ1v) is 7.65. The van der Waals surface area contributed by atoms with Gasteiger partial charge in [0, 0.05) is 10.9 Å². The summed E-state index contributed by atoms with van der Waals surface area (Å²) in [5.74, 6) is -0.208. The number of aromatic nitrogens is 1. The largest absolute Gasteiger partial charge is 0.320 e. The number of carbonyl (C=O) groups excluding carboxylic acids is 1. The number of fused-ring (bicyclic) bond motifs is 1. The zero-order valence-corrected chi connectivity index (χ0v) is 12.2. The minimum Gasteiger partial charge on any atom is -0.320 e. The van der Waals surface area contributed by atoms with Gasteiger partial charge in [-0.05, 0) is 43.4 Å². The van der Waals surface area contributed by atoms with E-state index in [4.69, 9.17) is 5.73 Å². The van der Waals surface area contributed by atoms with E-state index in [9.17, 15) is 4.79 Å². The molecule has 0 fully saturated rings. The van der Waals surface area contributed by atoms with E-state index in [1.165, 1.54) is 35.3 Å². The maximum Gasteiger partial charge on any atom is 0.242 e. The van der Waals surface area contributed by atoms with Crippen molar-refractivity contribution in [3.8, 4) is 11.3 Å². The third-order valence-corrected chi connectivity index (χ3v) is 4.30. The summed E-state index contributed by atoms with van der Waals surface area (Å²) in [5.41, 5.74) is 10.4. The predicted octanol–water partition coefficient (Wildman–Crippen LogP) is 2.58. The summed E-state index contributed by atoms with van der Waals surface area (Å²) in [6.45, 7) is 1.66. The van der Waals surface area contributed by atoms with Crippen LogP contribution < -0.4 is 11.1 Å². The molecule has 0 bridgehead atoms. The average Bonchev–Trinajstić information content (AvgIpc) is 3.05. The van der Waals surface area contributed by atoms with Crippen molar-refractivity contribution in [1.29, 1.82) is 0 Å². The van der Waals surface area contributed by atoms with Crippen LogP contribution in [0.5, 0.6) is 0 Å². The summed E-state index contributed by atoms with van der Waals surface area (Å²) in [4.78, 5) is 16.0. The van der Waals surface area contributed by atoms with Gasteiger partial charge in [0.15, 0.2) is 5.13 Å². The number of hydrogen-bond donors (Lipinski definition) is 2. The van der Waals surface area contributed by atoms with Gasteiger partial charge in [0.05, 0.1) is 11.7 Å². The van der Waals surface area contributed by atoms with E-state index in [1.807, 2.05) is 5.38 Å².